The molecule has 1 aromatic carbocycles. The summed E-state index contributed by atoms with van der Waals surface area (Å²) in [6.07, 6.45) is 3.19. The summed E-state index contributed by atoms with van der Waals surface area (Å²) in [6, 6.07) is 13.2. The van der Waals surface area contributed by atoms with Crippen molar-refractivity contribution in [3.63, 3.8) is 0 Å². The number of benzene rings is 1. The number of hydrogen-bond acceptors (Lipinski definition) is 5. The van der Waals surface area contributed by atoms with Gasteiger partial charge in [-0.1, -0.05) is 30.3 Å². The van der Waals surface area contributed by atoms with E-state index in [1.54, 1.807) is 24.4 Å². The lowest BCUT2D eigenvalue weighted by molar-refractivity contribution is -0.389. The van der Waals surface area contributed by atoms with Crippen LogP contribution in [-0.2, 0) is 17.9 Å². The predicted molar refractivity (Wildman–Crippen MR) is 100 cm³/mol. The van der Waals surface area contributed by atoms with Gasteiger partial charge in [0.25, 0.3) is 0 Å². The highest BCUT2D eigenvalue weighted by molar-refractivity contribution is 5.78. The van der Waals surface area contributed by atoms with E-state index in [1.807, 2.05) is 29.2 Å². The van der Waals surface area contributed by atoms with Gasteiger partial charge < -0.3 is 20.3 Å². The number of pyridine rings is 1. The number of nitrogens with zero attached hydrogens (tertiary/aromatic N) is 4. The van der Waals surface area contributed by atoms with Crippen LogP contribution in [0.5, 0.6) is 0 Å². The normalized spacial score (nSPS) is 14.1. The molecule has 0 bridgehead atoms. The second kappa shape index (κ2) is 7.06. The molecule has 27 heavy (non-hydrogen) atoms. The van der Waals surface area contributed by atoms with E-state index in [0.29, 0.717) is 25.2 Å². The maximum absolute atomic E-state index is 11.7. The summed E-state index contributed by atoms with van der Waals surface area (Å²) in [4.78, 5) is 28.9. The van der Waals surface area contributed by atoms with Crippen molar-refractivity contribution in [1.29, 1.82) is 0 Å². The molecule has 0 spiro atoms. The fraction of sp³-hybridized carbons (Fsp3) is 0.263. The highest BCUT2D eigenvalue weighted by atomic mass is 16.6. The summed E-state index contributed by atoms with van der Waals surface area (Å²) in [5.41, 5.74) is 2.59. The lowest BCUT2D eigenvalue weighted by atomic mass is 10.1. The summed E-state index contributed by atoms with van der Waals surface area (Å²) >= 11 is 0. The summed E-state index contributed by atoms with van der Waals surface area (Å²) in [5, 5.41) is 14.5. The second-order valence-electron chi connectivity index (χ2n) is 6.56. The molecule has 1 N–H and O–H groups in total. The van der Waals surface area contributed by atoms with Crippen molar-refractivity contribution in [2.45, 2.75) is 25.9 Å². The smallest absolute Gasteiger partial charge is 0.359 e. The SMILES string of the molecule is O=C1CCCN1Cc1ccc(CNc2nc3ccccn3c2[N+](=O)[O-])cc1. The van der Waals surface area contributed by atoms with E-state index in [4.69, 9.17) is 0 Å². The fourth-order valence-corrected chi connectivity index (χ4v) is 3.32. The van der Waals surface area contributed by atoms with Gasteiger partial charge in [-0.2, -0.15) is 9.38 Å². The van der Waals surface area contributed by atoms with Gasteiger partial charge in [-0.05, 0) is 28.5 Å². The monoisotopic (exact) mass is 365 g/mol. The third-order valence-electron chi connectivity index (χ3n) is 4.71. The number of aromatic nitrogens is 2. The average Bonchev–Trinajstić information content (AvgIpc) is 3.24. The molecule has 1 aliphatic rings. The van der Waals surface area contributed by atoms with Crippen LogP contribution in [0, 0.1) is 10.1 Å². The minimum Gasteiger partial charge on any atom is -0.359 e. The molecule has 4 rings (SSSR count). The van der Waals surface area contributed by atoms with E-state index in [9.17, 15) is 14.9 Å². The number of carbonyl (C=O) groups is 1. The topological polar surface area (TPSA) is 92.8 Å². The Bertz CT molecular complexity index is 996. The fourth-order valence-electron chi connectivity index (χ4n) is 3.32. The summed E-state index contributed by atoms with van der Waals surface area (Å²) in [5.74, 6) is 0.382. The zero-order chi connectivity index (χ0) is 18.8. The van der Waals surface area contributed by atoms with Crippen LogP contribution in [0.25, 0.3) is 5.65 Å². The number of nitrogens with one attached hydrogen (secondary N) is 1. The average molecular weight is 365 g/mol. The number of amides is 1. The zero-order valence-electron chi connectivity index (χ0n) is 14.7. The lowest BCUT2D eigenvalue weighted by Gasteiger charge is -2.15. The second-order valence-corrected chi connectivity index (χ2v) is 6.56. The first-order valence-electron chi connectivity index (χ1n) is 8.83. The molecular weight excluding hydrogens is 346 g/mol. The number of carbonyl (C=O) groups excluding carboxylic acids is 1. The third-order valence-corrected chi connectivity index (χ3v) is 4.71. The van der Waals surface area contributed by atoms with E-state index in [1.165, 1.54) is 4.40 Å². The van der Waals surface area contributed by atoms with Gasteiger partial charge in [-0.25, -0.2) is 0 Å². The van der Waals surface area contributed by atoms with Crippen molar-refractivity contribution in [3.05, 3.63) is 69.9 Å². The van der Waals surface area contributed by atoms with Crippen LogP contribution in [0.1, 0.15) is 24.0 Å². The van der Waals surface area contributed by atoms with Gasteiger partial charge in [0.1, 0.15) is 0 Å². The van der Waals surface area contributed by atoms with Crippen molar-refractivity contribution in [2.75, 3.05) is 11.9 Å². The molecule has 0 unspecified atom stereocenters. The van der Waals surface area contributed by atoms with Crippen molar-refractivity contribution in [2.24, 2.45) is 0 Å². The van der Waals surface area contributed by atoms with Gasteiger partial charge in [0.2, 0.25) is 17.4 Å². The Morgan fingerprint density at radius 3 is 2.63 bits per heavy atom. The number of likely N-dealkylation sites (tertiary alicyclic amines) is 1. The Morgan fingerprint density at radius 2 is 1.93 bits per heavy atom. The molecule has 3 heterocycles. The number of nitro groups is 1. The molecule has 0 atom stereocenters. The van der Waals surface area contributed by atoms with Gasteiger partial charge >= 0.3 is 5.82 Å². The first-order valence-corrected chi connectivity index (χ1v) is 8.83. The van der Waals surface area contributed by atoms with Crippen LogP contribution in [0.15, 0.2) is 48.7 Å². The molecule has 1 saturated heterocycles. The van der Waals surface area contributed by atoms with Gasteiger partial charge in [0.15, 0.2) is 0 Å². The maximum atomic E-state index is 11.7. The van der Waals surface area contributed by atoms with Crippen molar-refractivity contribution < 1.29 is 9.72 Å². The third kappa shape index (κ3) is 3.46. The Labute approximate surface area is 155 Å². The summed E-state index contributed by atoms with van der Waals surface area (Å²) < 4.78 is 1.46. The van der Waals surface area contributed by atoms with Gasteiger partial charge in [-0.3, -0.25) is 4.79 Å². The Morgan fingerprint density at radius 1 is 1.15 bits per heavy atom. The largest absolute Gasteiger partial charge is 0.372 e. The molecule has 3 aromatic rings. The lowest BCUT2D eigenvalue weighted by Crippen LogP contribution is -2.23. The first-order chi connectivity index (χ1) is 13.1. The quantitative estimate of drug-likeness (QED) is 0.535. The van der Waals surface area contributed by atoms with Crippen LogP contribution in [-0.4, -0.2) is 31.7 Å². The molecule has 0 saturated carbocycles. The molecule has 0 aliphatic carbocycles. The Balaban J connectivity index is 1.46. The number of fused-ring (bicyclic) bond motifs is 1. The van der Waals surface area contributed by atoms with E-state index >= 15 is 0 Å². The van der Waals surface area contributed by atoms with Crippen LogP contribution in [0.2, 0.25) is 0 Å². The molecule has 8 heteroatoms. The number of hydrogen-bond donors (Lipinski definition) is 1. The molecule has 1 fully saturated rings. The van der Waals surface area contributed by atoms with Gasteiger partial charge in [0.05, 0.1) is 6.20 Å². The van der Waals surface area contributed by atoms with Crippen LogP contribution >= 0.6 is 0 Å². The minimum absolute atomic E-state index is 0.0743. The summed E-state index contributed by atoms with van der Waals surface area (Å²) in [7, 11) is 0. The molecule has 8 nitrogen and oxygen atoms in total. The number of imidazole rings is 1. The first kappa shape index (κ1) is 17.0. The Kier molecular flexibility index (Phi) is 4.45. The molecule has 138 valence electrons. The predicted octanol–water partition coefficient (Wildman–Crippen LogP) is 2.98. The Hall–Kier alpha value is -3.42. The highest BCUT2D eigenvalue weighted by Crippen LogP contribution is 2.25. The van der Waals surface area contributed by atoms with Crippen LogP contribution < -0.4 is 5.32 Å². The molecule has 1 amide bonds. The number of rotatable bonds is 6. The van der Waals surface area contributed by atoms with E-state index in [-0.39, 0.29) is 17.5 Å². The summed E-state index contributed by atoms with van der Waals surface area (Å²) in [6.45, 7) is 1.87. The van der Waals surface area contributed by atoms with Crippen molar-refractivity contribution in [3.8, 4) is 0 Å². The zero-order valence-corrected chi connectivity index (χ0v) is 14.7. The van der Waals surface area contributed by atoms with Crippen LogP contribution in [0.4, 0.5) is 11.6 Å². The molecule has 0 radical (unpaired) electrons. The molecule has 2 aromatic heterocycles. The standard InChI is InChI=1S/C19H19N5O3/c25-17-5-3-10-22(17)13-15-8-6-14(7-9-15)12-20-18-19(24(26)27)23-11-2-1-4-16(23)21-18/h1-2,4,6-9,11,20H,3,5,10,12-13H2. The minimum atomic E-state index is -0.432. The molecular formula is C19H19N5O3. The van der Waals surface area contributed by atoms with E-state index in [2.05, 4.69) is 10.3 Å². The van der Waals surface area contributed by atoms with Crippen molar-refractivity contribution >= 4 is 23.2 Å². The maximum Gasteiger partial charge on any atom is 0.372 e. The van der Waals surface area contributed by atoms with E-state index < -0.39 is 4.92 Å². The van der Waals surface area contributed by atoms with Gasteiger partial charge in [0, 0.05) is 32.1 Å². The van der Waals surface area contributed by atoms with Gasteiger partial charge in [-0.15, -0.1) is 0 Å². The highest BCUT2D eigenvalue weighted by Gasteiger charge is 2.22. The van der Waals surface area contributed by atoms with E-state index in [0.717, 1.165) is 24.1 Å². The molecule has 1 aliphatic heterocycles. The number of anilines is 1. The van der Waals surface area contributed by atoms with Crippen molar-refractivity contribution in [1.82, 2.24) is 14.3 Å². The van der Waals surface area contributed by atoms with Crippen LogP contribution in [0.3, 0.4) is 0 Å².